The molecule has 1 heteroatoms. The molecule has 1 rings (SSSR count). The summed E-state index contributed by atoms with van der Waals surface area (Å²) in [6.45, 7) is 7.20. The van der Waals surface area contributed by atoms with Gasteiger partial charge in [-0.15, -0.1) is 0 Å². The number of nitrogens with two attached hydrogens (primary N) is 1. The molecular formula is C13H31N. The lowest BCUT2D eigenvalue weighted by Crippen LogP contribution is -2.26. The van der Waals surface area contributed by atoms with Gasteiger partial charge in [0.2, 0.25) is 0 Å². The third-order valence-corrected chi connectivity index (χ3v) is 3.34. The van der Waals surface area contributed by atoms with Crippen LogP contribution in [0.5, 0.6) is 0 Å². The molecule has 1 fully saturated rings. The molecule has 0 aromatic rings. The van der Waals surface area contributed by atoms with Gasteiger partial charge in [0.25, 0.3) is 0 Å². The first kappa shape index (κ1) is 16.4. The van der Waals surface area contributed by atoms with Gasteiger partial charge in [-0.1, -0.05) is 53.9 Å². The summed E-state index contributed by atoms with van der Waals surface area (Å²) in [5, 5.41) is 0. The van der Waals surface area contributed by atoms with E-state index in [4.69, 9.17) is 5.73 Å². The Labute approximate surface area is 91.5 Å². The highest BCUT2D eigenvalue weighted by Crippen LogP contribution is 2.41. The molecule has 0 spiro atoms. The van der Waals surface area contributed by atoms with Crippen molar-refractivity contribution in [2.24, 2.45) is 11.1 Å². The van der Waals surface area contributed by atoms with E-state index in [1.54, 1.807) is 0 Å². The topological polar surface area (TPSA) is 26.0 Å². The summed E-state index contributed by atoms with van der Waals surface area (Å²) in [7, 11) is 0. The van der Waals surface area contributed by atoms with Gasteiger partial charge in [-0.3, -0.25) is 0 Å². The Hall–Kier alpha value is -0.0400. The molecule has 0 saturated heterocycles. The summed E-state index contributed by atoms with van der Waals surface area (Å²) < 4.78 is 0. The standard InChI is InChI=1S/C10H21N.C2H6.CH4/c1-2-10(8-9-11)6-4-3-5-7-10;1-2;/h2-9,11H2,1H3;1-2H3;1H4. The maximum atomic E-state index is 5.62. The second-order valence-corrected chi connectivity index (χ2v) is 3.95. The lowest BCUT2D eigenvalue weighted by Gasteiger charge is -2.36. The summed E-state index contributed by atoms with van der Waals surface area (Å²) in [6.07, 6.45) is 9.78. The van der Waals surface area contributed by atoms with Crippen LogP contribution in [0.25, 0.3) is 0 Å². The van der Waals surface area contributed by atoms with Crippen LogP contribution in [0.2, 0.25) is 0 Å². The quantitative estimate of drug-likeness (QED) is 0.721. The van der Waals surface area contributed by atoms with Gasteiger partial charge in [-0.2, -0.15) is 0 Å². The van der Waals surface area contributed by atoms with E-state index in [0.717, 1.165) is 6.54 Å². The zero-order valence-corrected chi connectivity index (χ0v) is 9.73. The molecule has 14 heavy (non-hydrogen) atoms. The van der Waals surface area contributed by atoms with Crippen LogP contribution in [0.1, 0.15) is 73.1 Å². The largest absolute Gasteiger partial charge is 0.330 e. The summed E-state index contributed by atoms with van der Waals surface area (Å²) >= 11 is 0. The van der Waals surface area contributed by atoms with Gasteiger partial charge in [0.15, 0.2) is 0 Å². The smallest absolute Gasteiger partial charge is 0.00720 e. The summed E-state index contributed by atoms with van der Waals surface area (Å²) in [6, 6.07) is 0. The van der Waals surface area contributed by atoms with Crippen molar-refractivity contribution in [2.75, 3.05) is 6.54 Å². The van der Waals surface area contributed by atoms with Crippen LogP contribution in [0.15, 0.2) is 0 Å². The fourth-order valence-corrected chi connectivity index (χ4v) is 2.39. The van der Waals surface area contributed by atoms with Crippen molar-refractivity contribution in [2.45, 2.75) is 73.1 Å². The van der Waals surface area contributed by atoms with E-state index in [1.807, 2.05) is 13.8 Å². The second kappa shape index (κ2) is 9.51. The van der Waals surface area contributed by atoms with Gasteiger partial charge in [-0.05, 0) is 31.2 Å². The predicted molar refractivity (Wildman–Crippen MR) is 67.6 cm³/mol. The average Bonchev–Trinajstić information content (AvgIpc) is 2.23. The Balaban J connectivity index is 0. The van der Waals surface area contributed by atoms with E-state index < -0.39 is 0 Å². The van der Waals surface area contributed by atoms with Gasteiger partial charge in [0.05, 0.1) is 0 Å². The van der Waals surface area contributed by atoms with Gasteiger partial charge in [0.1, 0.15) is 0 Å². The van der Waals surface area contributed by atoms with Crippen molar-refractivity contribution >= 4 is 0 Å². The maximum Gasteiger partial charge on any atom is -0.00720 e. The van der Waals surface area contributed by atoms with Crippen molar-refractivity contribution in [3.05, 3.63) is 0 Å². The molecule has 0 heterocycles. The van der Waals surface area contributed by atoms with Crippen molar-refractivity contribution in [3.8, 4) is 0 Å². The van der Waals surface area contributed by atoms with Crippen molar-refractivity contribution in [1.29, 1.82) is 0 Å². The first-order valence-corrected chi connectivity index (χ1v) is 6.03. The minimum atomic E-state index is 0. The van der Waals surface area contributed by atoms with Crippen LogP contribution in [-0.2, 0) is 0 Å². The van der Waals surface area contributed by atoms with Gasteiger partial charge < -0.3 is 5.73 Å². The third-order valence-electron chi connectivity index (χ3n) is 3.34. The van der Waals surface area contributed by atoms with Crippen molar-refractivity contribution < 1.29 is 0 Å². The SMILES string of the molecule is C.CC.CCC1(CCN)CCCCC1. The maximum absolute atomic E-state index is 5.62. The Bertz CT molecular complexity index is 98.3. The molecule has 88 valence electrons. The van der Waals surface area contributed by atoms with Crippen LogP contribution < -0.4 is 5.73 Å². The monoisotopic (exact) mass is 201 g/mol. The molecule has 1 nitrogen and oxygen atoms in total. The molecule has 1 saturated carbocycles. The fraction of sp³-hybridized carbons (Fsp3) is 1.00. The van der Waals surface area contributed by atoms with Crippen LogP contribution in [0.4, 0.5) is 0 Å². The Morgan fingerprint density at radius 1 is 1.07 bits per heavy atom. The molecule has 0 amide bonds. The summed E-state index contributed by atoms with van der Waals surface area (Å²) in [5.41, 5.74) is 6.27. The Morgan fingerprint density at radius 2 is 1.57 bits per heavy atom. The van der Waals surface area contributed by atoms with Crippen LogP contribution in [-0.4, -0.2) is 6.54 Å². The molecule has 0 aromatic heterocycles. The summed E-state index contributed by atoms with van der Waals surface area (Å²) in [5.74, 6) is 0. The van der Waals surface area contributed by atoms with Crippen LogP contribution >= 0.6 is 0 Å². The van der Waals surface area contributed by atoms with E-state index in [0.29, 0.717) is 5.41 Å². The molecule has 1 aliphatic rings. The van der Waals surface area contributed by atoms with Crippen LogP contribution in [0.3, 0.4) is 0 Å². The highest BCUT2D eigenvalue weighted by molar-refractivity contribution is 4.81. The van der Waals surface area contributed by atoms with E-state index >= 15 is 0 Å². The van der Waals surface area contributed by atoms with E-state index in [2.05, 4.69) is 6.92 Å². The minimum Gasteiger partial charge on any atom is -0.330 e. The zero-order valence-electron chi connectivity index (χ0n) is 9.73. The molecule has 0 radical (unpaired) electrons. The second-order valence-electron chi connectivity index (χ2n) is 3.95. The highest BCUT2D eigenvalue weighted by Gasteiger charge is 2.28. The van der Waals surface area contributed by atoms with Gasteiger partial charge in [0, 0.05) is 0 Å². The molecule has 0 bridgehead atoms. The summed E-state index contributed by atoms with van der Waals surface area (Å²) in [4.78, 5) is 0. The first-order chi connectivity index (χ1) is 6.33. The minimum absolute atomic E-state index is 0. The third kappa shape index (κ3) is 4.99. The van der Waals surface area contributed by atoms with Gasteiger partial charge >= 0.3 is 0 Å². The zero-order chi connectivity index (χ0) is 10.2. The first-order valence-electron chi connectivity index (χ1n) is 6.03. The molecule has 0 aliphatic heterocycles. The van der Waals surface area contributed by atoms with Crippen molar-refractivity contribution in [3.63, 3.8) is 0 Å². The number of rotatable bonds is 3. The molecule has 2 N–H and O–H groups in total. The fourth-order valence-electron chi connectivity index (χ4n) is 2.39. The van der Waals surface area contributed by atoms with Crippen molar-refractivity contribution in [1.82, 2.24) is 0 Å². The Kier molecular flexibility index (Phi) is 11.1. The Morgan fingerprint density at radius 3 is 1.93 bits per heavy atom. The molecule has 0 unspecified atom stereocenters. The molecule has 0 atom stereocenters. The van der Waals surface area contributed by atoms with Crippen LogP contribution in [0, 0.1) is 5.41 Å². The normalized spacial score (nSPS) is 18.9. The van der Waals surface area contributed by atoms with Gasteiger partial charge in [-0.25, -0.2) is 0 Å². The average molecular weight is 201 g/mol. The number of hydrogen-bond donors (Lipinski definition) is 1. The lowest BCUT2D eigenvalue weighted by molar-refractivity contribution is 0.168. The number of hydrogen-bond acceptors (Lipinski definition) is 1. The van der Waals surface area contributed by atoms with E-state index in [9.17, 15) is 0 Å². The molecular weight excluding hydrogens is 170 g/mol. The molecule has 0 aromatic carbocycles. The predicted octanol–water partition coefficient (Wildman–Crippen LogP) is 4.36. The van der Waals surface area contributed by atoms with E-state index in [-0.39, 0.29) is 7.43 Å². The van der Waals surface area contributed by atoms with E-state index in [1.165, 1.54) is 44.9 Å². The molecule has 1 aliphatic carbocycles. The highest BCUT2D eigenvalue weighted by atomic mass is 14.5. The lowest BCUT2D eigenvalue weighted by atomic mass is 9.70.